The van der Waals surface area contributed by atoms with E-state index in [4.69, 9.17) is 16.3 Å². The minimum atomic E-state index is -3.94. The number of benzene rings is 2. The van der Waals surface area contributed by atoms with Crippen LogP contribution in [-0.2, 0) is 10.0 Å². The third-order valence-electron chi connectivity index (χ3n) is 5.12. The van der Waals surface area contributed by atoms with Gasteiger partial charge in [-0.3, -0.25) is 4.72 Å². The Morgan fingerprint density at radius 1 is 1.09 bits per heavy atom. The zero-order valence-corrected chi connectivity index (χ0v) is 20.4. The maximum atomic E-state index is 13.2. The van der Waals surface area contributed by atoms with E-state index in [2.05, 4.69) is 26.9 Å². The molecular formula is C24H22ClN3O5S. The average Bonchev–Trinajstić information content (AvgIpc) is 2.80. The number of aromatic nitrogens is 1. The van der Waals surface area contributed by atoms with Crippen LogP contribution in [0.3, 0.4) is 0 Å². The van der Waals surface area contributed by atoms with Crippen molar-refractivity contribution >= 4 is 39.0 Å². The summed E-state index contributed by atoms with van der Waals surface area (Å²) in [5.41, 5.74) is 2.48. The second-order valence-corrected chi connectivity index (χ2v) is 9.32. The van der Waals surface area contributed by atoms with Crippen LogP contribution in [0.1, 0.15) is 32.7 Å². The maximum absolute atomic E-state index is 13.2. The highest BCUT2D eigenvalue weighted by Gasteiger charge is 2.21. The average molecular weight is 500 g/mol. The van der Waals surface area contributed by atoms with Crippen LogP contribution in [0, 0.1) is 25.7 Å². The summed E-state index contributed by atoms with van der Waals surface area (Å²) in [5.74, 6) is 5.20. The smallest absolute Gasteiger partial charge is 0.356 e. The molecule has 0 saturated carbocycles. The molecule has 1 aromatic heterocycles. The number of methoxy groups -OCH3 is 1. The highest BCUT2D eigenvalue weighted by Crippen LogP contribution is 2.29. The van der Waals surface area contributed by atoms with Gasteiger partial charge in [-0.05, 0) is 61.4 Å². The number of rotatable bonds is 6. The lowest BCUT2D eigenvalue weighted by atomic mass is 10.1. The summed E-state index contributed by atoms with van der Waals surface area (Å²) in [4.78, 5) is 15.3. The van der Waals surface area contributed by atoms with Crippen LogP contribution < -0.4 is 14.8 Å². The number of sulfonamides is 1. The molecule has 0 bridgehead atoms. The summed E-state index contributed by atoms with van der Waals surface area (Å²) in [7, 11) is -0.838. The molecule has 0 aliphatic heterocycles. The molecule has 176 valence electrons. The van der Waals surface area contributed by atoms with E-state index < -0.39 is 16.0 Å². The van der Waals surface area contributed by atoms with Crippen molar-refractivity contribution in [3.8, 4) is 17.6 Å². The zero-order valence-electron chi connectivity index (χ0n) is 18.9. The van der Waals surface area contributed by atoms with Crippen molar-refractivity contribution in [2.75, 3.05) is 24.2 Å². The number of aromatic carboxylic acids is 1. The topological polar surface area (TPSA) is 118 Å². The first kappa shape index (κ1) is 24.9. The molecule has 3 rings (SSSR count). The highest BCUT2D eigenvalue weighted by atomic mass is 35.5. The number of anilines is 2. The normalized spacial score (nSPS) is 10.7. The molecule has 0 fully saturated rings. The number of nitrogens with one attached hydrogen (secondary N) is 2. The molecule has 0 radical (unpaired) electrons. The Kier molecular flexibility index (Phi) is 7.35. The van der Waals surface area contributed by atoms with Crippen LogP contribution >= 0.6 is 11.6 Å². The number of halogens is 1. The molecule has 34 heavy (non-hydrogen) atoms. The Labute approximate surface area is 203 Å². The molecule has 0 unspecified atom stereocenters. The summed E-state index contributed by atoms with van der Waals surface area (Å²) in [5, 5.41) is 12.3. The van der Waals surface area contributed by atoms with Crippen molar-refractivity contribution in [2.45, 2.75) is 18.7 Å². The first-order chi connectivity index (χ1) is 16.1. The number of carbonyl (C=O) groups is 1. The molecule has 3 aromatic rings. The second-order valence-electron chi connectivity index (χ2n) is 7.24. The van der Waals surface area contributed by atoms with Crippen molar-refractivity contribution in [1.82, 2.24) is 4.98 Å². The molecule has 10 heteroatoms. The van der Waals surface area contributed by atoms with Gasteiger partial charge in [0.25, 0.3) is 10.0 Å². The summed E-state index contributed by atoms with van der Waals surface area (Å²) in [6, 6.07) is 9.25. The molecular weight excluding hydrogens is 478 g/mol. The number of hydrogen-bond donors (Lipinski definition) is 3. The van der Waals surface area contributed by atoms with E-state index in [-0.39, 0.29) is 16.3 Å². The van der Waals surface area contributed by atoms with Gasteiger partial charge in [-0.25, -0.2) is 18.2 Å². The second kappa shape index (κ2) is 10.0. The van der Waals surface area contributed by atoms with Crippen LogP contribution in [0.25, 0.3) is 0 Å². The van der Waals surface area contributed by atoms with Gasteiger partial charge in [0, 0.05) is 23.8 Å². The van der Waals surface area contributed by atoms with Gasteiger partial charge < -0.3 is 15.2 Å². The molecule has 3 N–H and O–H groups in total. The number of carboxylic acids is 1. The predicted octanol–water partition coefficient (Wildman–Crippen LogP) is 4.30. The number of pyridine rings is 1. The van der Waals surface area contributed by atoms with E-state index in [1.165, 1.54) is 31.5 Å². The highest BCUT2D eigenvalue weighted by molar-refractivity contribution is 7.92. The van der Waals surface area contributed by atoms with Crippen molar-refractivity contribution in [3.05, 3.63) is 75.6 Å². The van der Waals surface area contributed by atoms with E-state index in [0.717, 1.165) is 5.56 Å². The van der Waals surface area contributed by atoms with E-state index in [0.29, 0.717) is 33.1 Å². The Balaban J connectivity index is 2.01. The van der Waals surface area contributed by atoms with Crippen LogP contribution in [0.4, 0.5) is 11.4 Å². The van der Waals surface area contributed by atoms with Gasteiger partial charge >= 0.3 is 5.97 Å². The van der Waals surface area contributed by atoms with Gasteiger partial charge in [-0.2, -0.15) is 0 Å². The quantitative estimate of drug-likeness (QED) is 0.433. The fourth-order valence-electron chi connectivity index (χ4n) is 3.23. The van der Waals surface area contributed by atoms with Gasteiger partial charge in [0.2, 0.25) is 0 Å². The van der Waals surface area contributed by atoms with Gasteiger partial charge in [0.1, 0.15) is 5.75 Å². The Morgan fingerprint density at radius 2 is 1.82 bits per heavy atom. The maximum Gasteiger partial charge on any atom is 0.356 e. The van der Waals surface area contributed by atoms with Gasteiger partial charge in [0.15, 0.2) is 5.69 Å². The summed E-state index contributed by atoms with van der Waals surface area (Å²) in [6.45, 7) is 3.50. The van der Waals surface area contributed by atoms with Gasteiger partial charge in [-0.15, -0.1) is 0 Å². The fourth-order valence-corrected chi connectivity index (χ4v) is 4.78. The van der Waals surface area contributed by atoms with Crippen LogP contribution in [-0.4, -0.2) is 38.6 Å². The van der Waals surface area contributed by atoms with E-state index in [9.17, 15) is 18.3 Å². The molecule has 8 nitrogen and oxygen atoms in total. The number of ether oxygens (including phenoxy) is 1. The molecule has 1 heterocycles. The monoisotopic (exact) mass is 499 g/mol. The Bertz CT molecular complexity index is 1440. The van der Waals surface area contributed by atoms with Crippen LogP contribution in [0.15, 0.2) is 47.5 Å². The lowest BCUT2D eigenvalue weighted by Crippen LogP contribution is -2.15. The fraction of sp³-hybridized carbons (Fsp3) is 0.167. The number of carboxylic acid groups (broad SMARTS) is 1. The zero-order chi connectivity index (χ0) is 25.0. The molecule has 0 amide bonds. The lowest BCUT2D eigenvalue weighted by Gasteiger charge is -2.15. The molecule has 0 aliphatic carbocycles. The SMILES string of the molecule is CNc1cc(C#Cc2cc(Cl)ccc2NS(=O)(=O)c2ccc(OC)c(C)c2C)cnc1C(=O)O. The van der Waals surface area contributed by atoms with Crippen LogP contribution in [0.2, 0.25) is 5.02 Å². The Hall–Kier alpha value is -3.74. The summed E-state index contributed by atoms with van der Waals surface area (Å²) >= 11 is 6.12. The first-order valence-corrected chi connectivity index (χ1v) is 11.8. The van der Waals surface area contributed by atoms with E-state index >= 15 is 0 Å². The molecule has 0 saturated heterocycles. The summed E-state index contributed by atoms with van der Waals surface area (Å²) in [6.07, 6.45) is 1.33. The standard InChI is InChI=1S/C24H22ClN3O5S/c1-14-15(2)22(10-9-21(14)33-4)34(31,32)28-19-8-7-18(25)12-17(19)6-5-16-11-20(26-3)23(24(29)30)27-13-16/h7-13,26,28H,1-4H3,(H,29,30). The third kappa shape index (κ3) is 5.25. The molecule has 2 aromatic carbocycles. The van der Waals surface area contributed by atoms with Crippen molar-refractivity contribution < 1.29 is 23.1 Å². The minimum absolute atomic E-state index is 0.117. The van der Waals surface area contributed by atoms with Crippen molar-refractivity contribution in [3.63, 3.8) is 0 Å². The van der Waals surface area contributed by atoms with Gasteiger partial charge in [0.05, 0.1) is 28.9 Å². The van der Waals surface area contributed by atoms with E-state index in [1.807, 2.05) is 0 Å². The minimum Gasteiger partial charge on any atom is -0.496 e. The number of nitrogens with zero attached hydrogens (tertiary/aromatic N) is 1. The van der Waals surface area contributed by atoms with Gasteiger partial charge in [-0.1, -0.05) is 23.4 Å². The predicted molar refractivity (Wildman–Crippen MR) is 131 cm³/mol. The third-order valence-corrected chi connectivity index (χ3v) is 6.87. The molecule has 0 aliphatic rings. The van der Waals surface area contributed by atoms with Crippen molar-refractivity contribution in [1.29, 1.82) is 0 Å². The van der Waals surface area contributed by atoms with Crippen molar-refractivity contribution in [2.24, 2.45) is 0 Å². The summed E-state index contributed by atoms with van der Waals surface area (Å²) < 4.78 is 34.2. The lowest BCUT2D eigenvalue weighted by molar-refractivity contribution is 0.0691. The number of hydrogen-bond acceptors (Lipinski definition) is 6. The van der Waals surface area contributed by atoms with E-state index in [1.54, 1.807) is 39.1 Å². The molecule has 0 spiro atoms. The molecule has 0 atom stereocenters. The first-order valence-electron chi connectivity index (χ1n) is 9.97. The van der Waals surface area contributed by atoms with Crippen LogP contribution in [0.5, 0.6) is 5.75 Å². The Morgan fingerprint density at radius 3 is 2.47 bits per heavy atom. The largest absolute Gasteiger partial charge is 0.496 e.